The minimum Gasteiger partial charge on any atom is -0.390 e. The number of rotatable bonds is 7. The molecule has 1 aliphatic carbocycles. The van der Waals surface area contributed by atoms with Crippen molar-refractivity contribution in [1.29, 1.82) is 0 Å². The lowest BCUT2D eigenvalue weighted by Crippen LogP contribution is -2.26. The summed E-state index contributed by atoms with van der Waals surface area (Å²) < 4.78 is 0. The maximum atomic E-state index is 12.3. The van der Waals surface area contributed by atoms with Gasteiger partial charge in [0.2, 0.25) is 5.91 Å². The Kier molecular flexibility index (Phi) is 9.22. The number of carbonyl (C=O) groups is 1. The number of carbonyl (C=O) groups excluding carboxylic acids is 1. The zero-order chi connectivity index (χ0) is 24.6. The molecule has 2 rings (SSSR count). The average molecular weight is 446 g/mol. The summed E-state index contributed by atoms with van der Waals surface area (Å²) in [4.78, 5) is 16.8. The summed E-state index contributed by atoms with van der Waals surface area (Å²) in [6.07, 6.45) is 15.5. The van der Waals surface area contributed by atoms with E-state index in [2.05, 4.69) is 62.3 Å². The van der Waals surface area contributed by atoms with Crippen LogP contribution in [0, 0.1) is 19.3 Å². The van der Waals surface area contributed by atoms with Crippen LogP contribution in [0.25, 0.3) is 0 Å². The van der Waals surface area contributed by atoms with E-state index in [1.807, 2.05) is 45.1 Å². The van der Waals surface area contributed by atoms with Crippen molar-refractivity contribution in [3.63, 3.8) is 0 Å². The third-order valence-electron chi connectivity index (χ3n) is 6.19. The third kappa shape index (κ3) is 7.74. The number of nitrogens with zero attached hydrogens (tertiary/aromatic N) is 1. The molecule has 0 fully saturated rings. The highest BCUT2D eigenvalue weighted by atomic mass is 16.1. The van der Waals surface area contributed by atoms with Crippen LogP contribution < -0.4 is 11.1 Å². The Hall–Kier alpha value is -3.14. The second-order valence-corrected chi connectivity index (χ2v) is 9.63. The van der Waals surface area contributed by atoms with Crippen molar-refractivity contribution in [3.05, 3.63) is 88.1 Å². The number of nitrogens with one attached hydrogen (secondary N) is 1. The predicted molar refractivity (Wildman–Crippen MR) is 143 cm³/mol. The molecular weight excluding hydrogens is 406 g/mol. The van der Waals surface area contributed by atoms with Crippen LogP contribution in [0.2, 0.25) is 0 Å². The molecule has 33 heavy (non-hydrogen) atoms. The first kappa shape index (κ1) is 26.1. The average Bonchev–Trinajstić information content (AvgIpc) is 2.72. The summed E-state index contributed by atoms with van der Waals surface area (Å²) in [6, 6.07) is 6.17. The van der Waals surface area contributed by atoms with E-state index in [0.717, 1.165) is 35.2 Å². The van der Waals surface area contributed by atoms with E-state index in [1.54, 1.807) is 6.08 Å². The van der Waals surface area contributed by atoms with E-state index < -0.39 is 0 Å². The number of nitrogens with two attached hydrogens (primary N) is 1. The van der Waals surface area contributed by atoms with Crippen molar-refractivity contribution < 1.29 is 4.79 Å². The van der Waals surface area contributed by atoms with Crippen molar-refractivity contribution >= 4 is 17.9 Å². The summed E-state index contributed by atoms with van der Waals surface area (Å²) in [6.45, 7) is 14.8. The number of benzene rings is 1. The Morgan fingerprint density at radius 1 is 1.15 bits per heavy atom. The van der Waals surface area contributed by atoms with Crippen LogP contribution in [0.5, 0.6) is 0 Å². The van der Waals surface area contributed by atoms with E-state index in [4.69, 9.17) is 5.73 Å². The first-order valence-corrected chi connectivity index (χ1v) is 11.6. The topological polar surface area (TPSA) is 67.5 Å². The zero-order valence-electron chi connectivity index (χ0n) is 21.2. The quantitative estimate of drug-likeness (QED) is 0.211. The largest absolute Gasteiger partial charge is 0.390 e. The first-order valence-electron chi connectivity index (χ1n) is 11.6. The summed E-state index contributed by atoms with van der Waals surface area (Å²) in [5.41, 5.74) is 13.4. The van der Waals surface area contributed by atoms with E-state index >= 15 is 0 Å². The normalized spacial score (nSPS) is 19.8. The van der Waals surface area contributed by atoms with Crippen LogP contribution in [-0.4, -0.2) is 18.3 Å². The molecule has 3 N–H and O–H groups in total. The Morgan fingerprint density at radius 3 is 2.55 bits per heavy atom. The Labute approximate surface area is 199 Å². The minimum absolute atomic E-state index is 0.124. The van der Waals surface area contributed by atoms with Gasteiger partial charge >= 0.3 is 0 Å². The highest BCUT2D eigenvalue weighted by Gasteiger charge is 2.31. The van der Waals surface area contributed by atoms with Gasteiger partial charge in [-0.05, 0) is 81.2 Å². The smallest absolute Gasteiger partial charge is 0.248 e. The van der Waals surface area contributed by atoms with Gasteiger partial charge in [-0.15, -0.1) is 0 Å². The van der Waals surface area contributed by atoms with Gasteiger partial charge in [0, 0.05) is 11.8 Å². The highest BCUT2D eigenvalue weighted by Crippen LogP contribution is 2.41. The van der Waals surface area contributed by atoms with Crippen LogP contribution >= 0.6 is 0 Å². The summed E-state index contributed by atoms with van der Waals surface area (Å²) in [7, 11) is 0. The maximum Gasteiger partial charge on any atom is 0.248 e. The van der Waals surface area contributed by atoms with Gasteiger partial charge in [-0.2, -0.15) is 0 Å². The molecule has 1 aromatic carbocycles. The number of amides is 1. The van der Waals surface area contributed by atoms with Gasteiger partial charge in [-0.1, -0.05) is 67.5 Å². The zero-order valence-corrected chi connectivity index (χ0v) is 21.2. The van der Waals surface area contributed by atoms with Crippen LogP contribution in [0.4, 0.5) is 5.69 Å². The second-order valence-electron chi connectivity index (χ2n) is 9.63. The molecule has 1 aromatic rings. The molecule has 0 saturated carbocycles. The van der Waals surface area contributed by atoms with Crippen LogP contribution in [0.3, 0.4) is 0 Å². The molecule has 176 valence electrons. The standard InChI is InChI=1S/C29H39N3O/c1-20(11-13-25-24(5)27(31-19-30)15-16-29(25,6)7)9-8-10-21(2)18-28(33)32-26-14-12-22(3)17-23(26)4/h8-14,17-19,27H,15-16H2,1-7H3,(H2,30,31)(H,32,33)/b10-8+,13-11+,20-9+,21-18+. The van der Waals surface area contributed by atoms with Gasteiger partial charge in [0.05, 0.1) is 12.4 Å². The molecule has 4 nitrogen and oxygen atoms in total. The monoisotopic (exact) mass is 445 g/mol. The number of hydrogen-bond donors (Lipinski definition) is 2. The lowest BCUT2D eigenvalue weighted by Gasteiger charge is -2.36. The summed E-state index contributed by atoms with van der Waals surface area (Å²) in [5, 5.41) is 2.95. The van der Waals surface area contributed by atoms with Gasteiger partial charge in [0.25, 0.3) is 0 Å². The molecule has 1 amide bonds. The number of allylic oxidation sites excluding steroid dienone is 8. The van der Waals surface area contributed by atoms with Crippen molar-refractivity contribution in [2.24, 2.45) is 16.1 Å². The Balaban J connectivity index is 2.05. The van der Waals surface area contributed by atoms with Crippen LogP contribution in [0.15, 0.2) is 81.9 Å². The van der Waals surface area contributed by atoms with Crippen LogP contribution in [-0.2, 0) is 4.79 Å². The fraction of sp³-hybridized carbons (Fsp3) is 0.379. The van der Waals surface area contributed by atoms with E-state index in [-0.39, 0.29) is 17.4 Å². The van der Waals surface area contributed by atoms with Gasteiger partial charge in [0.1, 0.15) is 0 Å². The predicted octanol–water partition coefficient (Wildman–Crippen LogP) is 6.74. The Morgan fingerprint density at radius 2 is 1.88 bits per heavy atom. The summed E-state index contributed by atoms with van der Waals surface area (Å²) >= 11 is 0. The van der Waals surface area contributed by atoms with Gasteiger partial charge < -0.3 is 11.1 Å². The maximum absolute atomic E-state index is 12.3. The molecule has 1 unspecified atom stereocenters. The van der Waals surface area contributed by atoms with E-state index in [0.29, 0.717) is 0 Å². The lowest BCUT2D eigenvalue weighted by atomic mass is 9.71. The van der Waals surface area contributed by atoms with Gasteiger partial charge in [-0.25, -0.2) is 0 Å². The molecular formula is C29H39N3O. The van der Waals surface area contributed by atoms with Crippen molar-refractivity contribution in [3.8, 4) is 0 Å². The number of aryl methyl sites for hydroxylation is 2. The molecule has 4 heteroatoms. The van der Waals surface area contributed by atoms with E-state index in [1.165, 1.54) is 23.0 Å². The lowest BCUT2D eigenvalue weighted by molar-refractivity contribution is -0.111. The van der Waals surface area contributed by atoms with Crippen molar-refractivity contribution in [2.45, 2.75) is 67.3 Å². The van der Waals surface area contributed by atoms with Gasteiger partial charge in [-0.3, -0.25) is 9.79 Å². The molecule has 0 aromatic heterocycles. The van der Waals surface area contributed by atoms with Gasteiger partial charge in [0.15, 0.2) is 0 Å². The molecule has 0 bridgehead atoms. The first-order chi connectivity index (χ1) is 15.5. The molecule has 0 saturated heterocycles. The molecule has 0 aliphatic heterocycles. The van der Waals surface area contributed by atoms with Crippen LogP contribution in [0.1, 0.15) is 58.6 Å². The third-order valence-corrected chi connectivity index (χ3v) is 6.19. The summed E-state index contributed by atoms with van der Waals surface area (Å²) in [5.74, 6) is -0.124. The highest BCUT2D eigenvalue weighted by molar-refractivity contribution is 6.00. The second kappa shape index (κ2) is 11.6. The molecule has 0 heterocycles. The molecule has 0 spiro atoms. The van der Waals surface area contributed by atoms with E-state index in [9.17, 15) is 4.79 Å². The number of hydrogen-bond acceptors (Lipinski definition) is 2. The molecule has 1 aliphatic rings. The SMILES string of the molecule is CC1=C(/C=C/C(C)=C/C=C/C(C)=C/C(=O)Nc2ccc(C)cc2C)C(C)(C)CCC1N=CN. The Bertz CT molecular complexity index is 1050. The fourth-order valence-corrected chi connectivity index (χ4v) is 4.21. The number of anilines is 1. The fourth-order valence-electron chi connectivity index (χ4n) is 4.21. The van der Waals surface area contributed by atoms with Crippen molar-refractivity contribution in [1.82, 2.24) is 0 Å². The molecule has 1 atom stereocenters. The number of aliphatic imine (C=N–C) groups is 1. The minimum atomic E-state index is -0.124. The van der Waals surface area contributed by atoms with Crippen molar-refractivity contribution in [2.75, 3.05) is 5.32 Å². The molecule has 0 radical (unpaired) electrons.